The molecule has 2 nitrogen and oxygen atoms in total. The summed E-state index contributed by atoms with van der Waals surface area (Å²) < 4.78 is 18.6. The monoisotopic (exact) mass is 229 g/mol. The normalized spacial score (nSPS) is 10.3. The predicted molar refractivity (Wildman–Crippen MR) is 64.3 cm³/mol. The predicted octanol–water partition coefficient (Wildman–Crippen LogP) is 2.21. The summed E-state index contributed by atoms with van der Waals surface area (Å²) in [5.41, 5.74) is 0.604. The Kier molecular flexibility index (Phi) is 5.50. The molecule has 1 aromatic rings. The number of nitrogens with zero attached hydrogens (tertiary/aromatic N) is 1. The number of halogens is 1. The molecule has 0 atom stereocenters. The van der Waals surface area contributed by atoms with Gasteiger partial charge in [0.15, 0.2) is 0 Å². The standard InChI is InChI=1S/C11H16FNOS/c1-13(6-7-14-8-9-15)11-5-3-2-4-10(11)12/h2-5,15H,6-9H2,1H3. The molecule has 0 aliphatic carbocycles. The lowest BCUT2D eigenvalue weighted by Gasteiger charge is -2.19. The molecule has 0 unspecified atom stereocenters. The van der Waals surface area contributed by atoms with Crippen molar-refractivity contribution in [2.75, 3.05) is 37.5 Å². The fraction of sp³-hybridized carbons (Fsp3) is 0.455. The van der Waals surface area contributed by atoms with Crippen LogP contribution in [-0.2, 0) is 4.74 Å². The highest BCUT2D eigenvalue weighted by Gasteiger charge is 2.05. The van der Waals surface area contributed by atoms with Gasteiger partial charge in [0.2, 0.25) is 0 Å². The maximum atomic E-state index is 13.3. The van der Waals surface area contributed by atoms with Crippen LogP contribution in [0, 0.1) is 5.82 Å². The molecule has 0 aliphatic heterocycles. The van der Waals surface area contributed by atoms with Crippen molar-refractivity contribution in [3.63, 3.8) is 0 Å². The Morgan fingerprint density at radius 3 is 2.73 bits per heavy atom. The Hall–Kier alpha value is -0.740. The topological polar surface area (TPSA) is 12.5 Å². The smallest absolute Gasteiger partial charge is 0.146 e. The molecule has 0 heterocycles. The molecular weight excluding hydrogens is 213 g/mol. The first-order chi connectivity index (χ1) is 7.25. The lowest BCUT2D eigenvalue weighted by atomic mass is 10.3. The second kappa shape index (κ2) is 6.69. The lowest BCUT2D eigenvalue weighted by Crippen LogP contribution is -2.23. The number of likely N-dealkylation sites (N-methyl/N-ethyl adjacent to an activating group) is 1. The zero-order chi connectivity index (χ0) is 11.1. The molecule has 0 radical (unpaired) electrons. The van der Waals surface area contributed by atoms with Crippen molar-refractivity contribution in [1.29, 1.82) is 0 Å². The average molecular weight is 229 g/mol. The van der Waals surface area contributed by atoms with E-state index in [1.54, 1.807) is 12.1 Å². The number of rotatable bonds is 6. The molecule has 0 spiro atoms. The summed E-state index contributed by atoms with van der Waals surface area (Å²) in [6.07, 6.45) is 0. The van der Waals surface area contributed by atoms with E-state index in [9.17, 15) is 4.39 Å². The van der Waals surface area contributed by atoms with Gasteiger partial charge in [-0.3, -0.25) is 0 Å². The van der Waals surface area contributed by atoms with Crippen molar-refractivity contribution in [1.82, 2.24) is 0 Å². The summed E-state index contributed by atoms with van der Waals surface area (Å²) in [5, 5.41) is 0. The van der Waals surface area contributed by atoms with Gasteiger partial charge < -0.3 is 9.64 Å². The summed E-state index contributed by atoms with van der Waals surface area (Å²) in [6, 6.07) is 6.72. The molecule has 0 fully saturated rings. The van der Waals surface area contributed by atoms with E-state index in [0.717, 1.165) is 0 Å². The van der Waals surface area contributed by atoms with E-state index in [2.05, 4.69) is 12.6 Å². The lowest BCUT2D eigenvalue weighted by molar-refractivity contribution is 0.157. The molecule has 0 saturated heterocycles. The van der Waals surface area contributed by atoms with E-state index >= 15 is 0 Å². The molecule has 0 aromatic heterocycles. The highest BCUT2D eigenvalue weighted by molar-refractivity contribution is 7.80. The van der Waals surface area contributed by atoms with E-state index in [-0.39, 0.29) is 5.82 Å². The number of anilines is 1. The van der Waals surface area contributed by atoms with E-state index < -0.39 is 0 Å². The van der Waals surface area contributed by atoms with Gasteiger partial charge in [0.1, 0.15) is 5.82 Å². The summed E-state index contributed by atoms with van der Waals surface area (Å²) in [4.78, 5) is 1.84. The molecule has 0 amide bonds. The van der Waals surface area contributed by atoms with Crippen molar-refractivity contribution in [3.05, 3.63) is 30.1 Å². The molecule has 1 aromatic carbocycles. The average Bonchev–Trinajstić information content (AvgIpc) is 2.25. The Labute approximate surface area is 95.5 Å². The molecular formula is C11H16FNOS. The van der Waals surface area contributed by atoms with Gasteiger partial charge in [-0.1, -0.05) is 12.1 Å². The summed E-state index contributed by atoms with van der Waals surface area (Å²) in [6.45, 7) is 1.90. The van der Waals surface area contributed by atoms with E-state index in [1.807, 2.05) is 18.0 Å². The Balaban J connectivity index is 2.40. The van der Waals surface area contributed by atoms with Crippen LogP contribution in [0.15, 0.2) is 24.3 Å². The first-order valence-electron chi connectivity index (χ1n) is 4.90. The van der Waals surface area contributed by atoms with E-state index in [4.69, 9.17) is 4.74 Å². The van der Waals surface area contributed by atoms with Crippen molar-refractivity contribution in [2.45, 2.75) is 0 Å². The van der Waals surface area contributed by atoms with Crippen LogP contribution >= 0.6 is 12.6 Å². The third kappa shape index (κ3) is 4.10. The van der Waals surface area contributed by atoms with E-state index in [0.29, 0.717) is 31.2 Å². The van der Waals surface area contributed by atoms with Gasteiger partial charge in [-0.15, -0.1) is 0 Å². The van der Waals surface area contributed by atoms with Crippen molar-refractivity contribution in [2.24, 2.45) is 0 Å². The van der Waals surface area contributed by atoms with Crippen LogP contribution in [-0.4, -0.2) is 32.6 Å². The van der Waals surface area contributed by atoms with Crippen molar-refractivity contribution in [3.8, 4) is 0 Å². The maximum absolute atomic E-state index is 13.3. The number of hydrogen-bond acceptors (Lipinski definition) is 3. The molecule has 15 heavy (non-hydrogen) atoms. The SMILES string of the molecule is CN(CCOCCS)c1ccccc1F. The molecule has 0 aliphatic rings. The Morgan fingerprint density at radius 2 is 2.07 bits per heavy atom. The van der Waals surface area contributed by atoms with Crippen molar-refractivity contribution < 1.29 is 9.13 Å². The van der Waals surface area contributed by atoms with Crippen molar-refractivity contribution >= 4 is 18.3 Å². The molecule has 1 rings (SSSR count). The second-order valence-corrected chi connectivity index (χ2v) is 3.66. The minimum absolute atomic E-state index is 0.200. The second-order valence-electron chi connectivity index (χ2n) is 3.21. The number of hydrogen-bond donors (Lipinski definition) is 1. The molecule has 0 N–H and O–H groups in total. The van der Waals surface area contributed by atoms with Gasteiger partial charge in [0.05, 0.1) is 18.9 Å². The van der Waals surface area contributed by atoms with Crippen LogP contribution in [0.3, 0.4) is 0 Å². The van der Waals surface area contributed by atoms with Crippen LogP contribution < -0.4 is 4.90 Å². The third-order valence-corrected chi connectivity index (χ3v) is 2.25. The van der Waals surface area contributed by atoms with Crippen LogP contribution in [0.25, 0.3) is 0 Å². The van der Waals surface area contributed by atoms with Gasteiger partial charge in [-0.2, -0.15) is 12.6 Å². The minimum Gasteiger partial charge on any atom is -0.379 e. The molecule has 0 bridgehead atoms. The van der Waals surface area contributed by atoms with Gasteiger partial charge >= 0.3 is 0 Å². The quantitative estimate of drug-likeness (QED) is 0.593. The van der Waals surface area contributed by atoms with Crippen LogP contribution in [0.5, 0.6) is 0 Å². The number of thiol groups is 1. The fourth-order valence-electron chi connectivity index (χ4n) is 1.25. The zero-order valence-electron chi connectivity index (χ0n) is 8.82. The number of ether oxygens (including phenoxy) is 1. The van der Waals surface area contributed by atoms with Crippen LogP contribution in [0.1, 0.15) is 0 Å². The molecule has 84 valence electrons. The van der Waals surface area contributed by atoms with Crippen LogP contribution in [0.4, 0.5) is 10.1 Å². The maximum Gasteiger partial charge on any atom is 0.146 e. The third-order valence-electron chi connectivity index (χ3n) is 2.07. The highest BCUT2D eigenvalue weighted by Crippen LogP contribution is 2.16. The highest BCUT2D eigenvalue weighted by atomic mass is 32.1. The van der Waals surface area contributed by atoms with E-state index in [1.165, 1.54) is 6.07 Å². The Bertz CT molecular complexity index is 296. The largest absolute Gasteiger partial charge is 0.379 e. The van der Waals surface area contributed by atoms with Crippen LogP contribution in [0.2, 0.25) is 0 Å². The Morgan fingerprint density at radius 1 is 1.33 bits per heavy atom. The summed E-state index contributed by atoms with van der Waals surface area (Å²) >= 11 is 4.03. The summed E-state index contributed by atoms with van der Waals surface area (Å²) in [5.74, 6) is 0.512. The number of para-hydroxylation sites is 1. The van der Waals surface area contributed by atoms with Gasteiger partial charge in [0, 0.05) is 19.3 Å². The summed E-state index contributed by atoms with van der Waals surface area (Å²) in [7, 11) is 1.85. The van der Waals surface area contributed by atoms with Gasteiger partial charge in [-0.25, -0.2) is 4.39 Å². The minimum atomic E-state index is -0.200. The van der Waals surface area contributed by atoms with Gasteiger partial charge in [0.25, 0.3) is 0 Å². The molecule has 4 heteroatoms. The molecule has 0 saturated carbocycles. The first-order valence-corrected chi connectivity index (χ1v) is 5.53. The first kappa shape index (κ1) is 12.3. The zero-order valence-corrected chi connectivity index (χ0v) is 9.71. The number of benzene rings is 1. The van der Waals surface area contributed by atoms with Gasteiger partial charge in [-0.05, 0) is 12.1 Å². The fourth-order valence-corrected chi connectivity index (χ4v) is 1.38.